The van der Waals surface area contributed by atoms with Crippen LogP contribution in [0.1, 0.15) is 27.6 Å². The van der Waals surface area contributed by atoms with Crippen molar-refractivity contribution in [1.29, 1.82) is 0 Å². The number of Topliss-reactive ketones (excluding diaryl/α,β-unsaturated/α-hetero) is 1. The van der Waals surface area contributed by atoms with E-state index in [0.29, 0.717) is 22.0 Å². The largest absolute Gasteiger partial charge is 0.360 e. The molecule has 10 nitrogen and oxygen atoms in total. The quantitative estimate of drug-likeness (QED) is 0.356. The summed E-state index contributed by atoms with van der Waals surface area (Å²) in [5.74, 6) is -0.469. The smallest absolute Gasteiger partial charge is 0.270 e. The number of nitrogens with one attached hydrogen (secondary N) is 1. The number of hydrogen-bond acceptors (Lipinski definition) is 6. The molecule has 166 valence electrons. The highest BCUT2D eigenvalue weighted by Gasteiger charge is 2.31. The molecule has 0 radical (unpaired) electrons. The Labute approximate surface area is 183 Å². The minimum absolute atomic E-state index is 0.0891. The summed E-state index contributed by atoms with van der Waals surface area (Å²) in [7, 11) is -3.75. The zero-order valence-electron chi connectivity index (χ0n) is 17.1. The van der Waals surface area contributed by atoms with E-state index in [0.717, 1.165) is 0 Å². The average Bonchev–Trinajstić information content (AvgIpc) is 3.22. The molecule has 0 bridgehead atoms. The summed E-state index contributed by atoms with van der Waals surface area (Å²) in [6, 6.07) is 10.0. The van der Waals surface area contributed by atoms with Gasteiger partial charge in [0.2, 0.25) is 10.0 Å². The fraction of sp³-hybridized carbons (Fsp3) is 0.238. The molecule has 1 aliphatic rings. The maximum atomic E-state index is 13.0. The van der Waals surface area contributed by atoms with Crippen molar-refractivity contribution in [1.82, 2.24) is 14.2 Å². The van der Waals surface area contributed by atoms with Crippen molar-refractivity contribution >= 4 is 38.3 Å². The van der Waals surface area contributed by atoms with Crippen LogP contribution in [0.5, 0.6) is 0 Å². The predicted octanol–water partition coefficient (Wildman–Crippen LogP) is 2.43. The van der Waals surface area contributed by atoms with Gasteiger partial charge in [-0.15, -0.1) is 0 Å². The number of carbonyl (C=O) groups excluding carboxylic acids is 2. The molecular weight excluding hydrogens is 436 g/mol. The lowest BCUT2D eigenvalue weighted by Gasteiger charge is -2.34. The molecule has 2 heterocycles. The van der Waals surface area contributed by atoms with Gasteiger partial charge >= 0.3 is 0 Å². The van der Waals surface area contributed by atoms with E-state index in [9.17, 15) is 28.1 Å². The van der Waals surface area contributed by atoms with E-state index < -0.39 is 14.9 Å². The lowest BCUT2D eigenvalue weighted by molar-refractivity contribution is -0.384. The molecule has 0 unspecified atom stereocenters. The number of sulfonamides is 1. The van der Waals surface area contributed by atoms with Crippen molar-refractivity contribution in [2.24, 2.45) is 0 Å². The fourth-order valence-electron chi connectivity index (χ4n) is 3.71. The average molecular weight is 456 g/mol. The van der Waals surface area contributed by atoms with Gasteiger partial charge in [0.05, 0.1) is 15.4 Å². The van der Waals surface area contributed by atoms with Crippen LogP contribution in [0.3, 0.4) is 0 Å². The summed E-state index contributed by atoms with van der Waals surface area (Å²) in [5.41, 5.74) is 1.23. The molecule has 0 aliphatic carbocycles. The molecule has 1 amide bonds. The summed E-state index contributed by atoms with van der Waals surface area (Å²) in [5, 5.41) is 11.5. The molecule has 1 fully saturated rings. The van der Waals surface area contributed by atoms with Crippen LogP contribution in [0, 0.1) is 10.1 Å². The minimum Gasteiger partial charge on any atom is -0.360 e. The second-order valence-electron chi connectivity index (χ2n) is 7.47. The van der Waals surface area contributed by atoms with Gasteiger partial charge in [0, 0.05) is 61.0 Å². The number of nitro benzene ring substituents is 1. The number of hydrogen-bond donors (Lipinski definition) is 1. The molecule has 1 aromatic heterocycles. The Bertz CT molecular complexity index is 1320. The number of aromatic nitrogens is 1. The van der Waals surface area contributed by atoms with Crippen LogP contribution in [0.15, 0.2) is 53.6 Å². The Kier molecular flexibility index (Phi) is 5.53. The van der Waals surface area contributed by atoms with Crippen LogP contribution in [0.25, 0.3) is 10.9 Å². The van der Waals surface area contributed by atoms with Gasteiger partial charge in [-0.1, -0.05) is 12.1 Å². The van der Waals surface area contributed by atoms with Crippen LogP contribution in [0.2, 0.25) is 0 Å². The first-order chi connectivity index (χ1) is 15.2. The summed E-state index contributed by atoms with van der Waals surface area (Å²) >= 11 is 0. The minimum atomic E-state index is -3.75. The molecule has 0 atom stereocenters. The number of non-ortho nitro benzene ring substituents is 1. The summed E-state index contributed by atoms with van der Waals surface area (Å²) < 4.78 is 27.1. The molecule has 0 saturated carbocycles. The number of nitro groups is 1. The molecule has 4 rings (SSSR count). The Balaban J connectivity index is 1.49. The van der Waals surface area contributed by atoms with E-state index in [1.165, 1.54) is 58.7 Å². The lowest BCUT2D eigenvalue weighted by atomic mass is 10.1. The highest BCUT2D eigenvalue weighted by atomic mass is 32.2. The van der Waals surface area contributed by atoms with Crippen molar-refractivity contribution in [3.8, 4) is 0 Å². The van der Waals surface area contributed by atoms with Gasteiger partial charge < -0.3 is 9.88 Å². The van der Waals surface area contributed by atoms with Crippen molar-refractivity contribution < 1.29 is 22.9 Å². The summed E-state index contributed by atoms with van der Waals surface area (Å²) in [6.07, 6.45) is 1.51. The van der Waals surface area contributed by atoms with Crippen molar-refractivity contribution in [3.63, 3.8) is 0 Å². The second kappa shape index (κ2) is 8.17. The Morgan fingerprint density at radius 1 is 1.03 bits per heavy atom. The van der Waals surface area contributed by atoms with E-state index in [-0.39, 0.29) is 48.5 Å². The van der Waals surface area contributed by atoms with Crippen LogP contribution >= 0.6 is 0 Å². The van der Waals surface area contributed by atoms with Gasteiger partial charge in [0.15, 0.2) is 5.78 Å². The SMILES string of the molecule is CC(=O)c1ccc(S(=O)(=O)N2CCN(C(=O)c3c[nH]c4ccc([N+](=O)[O-])cc34)CC2)cc1. The summed E-state index contributed by atoms with van der Waals surface area (Å²) in [4.78, 5) is 39.5. The molecular formula is C21H20N4O6S. The third-order valence-electron chi connectivity index (χ3n) is 5.53. The van der Waals surface area contributed by atoms with Crippen LogP contribution in [-0.2, 0) is 10.0 Å². The lowest BCUT2D eigenvalue weighted by Crippen LogP contribution is -2.50. The Morgan fingerprint density at radius 3 is 2.28 bits per heavy atom. The first-order valence-corrected chi connectivity index (χ1v) is 11.3. The zero-order chi connectivity index (χ0) is 23.0. The maximum absolute atomic E-state index is 13.0. The zero-order valence-corrected chi connectivity index (χ0v) is 18.0. The number of carbonyl (C=O) groups is 2. The number of aromatic amines is 1. The van der Waals surface area contributed by atoms with Gasteiger partial charge in [0.1, 0.15) is 0 Å². The highest BCUT2D eigenvalue weighted by molar-refractivity contribution is 7.89. The number of fused-ring (bicyclic) bond motifs is 1. The van der Waals surface area contributed by atoms with Gasteiger partial charge in [-0.2, -0.15) is 4.31 Å². The standard InChI is InChI=1S/C21H20N4O6S/c1-14(26)15-2-5-17(6-3-15)32(30,31)24-10-8-23(9-11-24)21(27)19-13-22-20-7-4-16(25(28)29)12-18(19)20/h2-7,12-13,22H,8-11H2,1H3. The number of nitrogens with zero attached hydrogens (tertiary/aromatic N) is 3. The Morgan fingerprint density at radius 2 is 1.69 bits per heavy atom. The van der Waals surface area contributed by atoms with Crippen molar-refractivity contribution in [3.05, 3.63) is 69.9 Å². The maximum Gasteiger partial charge on any atom is 0.270 e. The van der Waals surface area contributed by atoms with E-state index in [1.807, 2.05) is 0 Å². The van der Waals surface area contributed by atoms with Gasteiger partial charge in [0.25, 0.3) is 11.6 Å². The topological polar surface area (TPSA) is 134 Å². The number of amides is 1. The van der Waals surface area contributed by atoms with Crippen molar-refractivity contribution in [2.45, 2.75) is 11.8 Å². The van der Waals surface area contributed by atoms with Crippen LogP contribution in [-0.4, -0.2) is 65.4 Å². The number of ketones is 1. The molecule has 2 aromatic carbocycles. The predicted molar refractivity (Wildman–Crippen MR) is 116 cm³/mol. The molecule has 1 N–H and O–H groups in total. The normalized spacial score (nSPS) is 15.1. The van der Waals surface area contributed by atoms with E-state index in [1.54, 1.807) is 6.07 Å². The Hall–Kier alpha value is -3.57. The number of benzene rings is 2. The molecule has 1 saturated heterocycles. The van der Waals surface area contributed by atoms with E-state index in [4.69, 9.17) is 0 Å². The highest BCUT2D eigenvalue weighted by Crippen LogP contribution is 2.26. The van der Waals surface area contributed by atoms with Crippen LogP contribution in [0.4, 0.5) is 5.69 Å². The van der Waals surface area contributed by atoms with E-state index in [2.05, 4.69) is 4.98 Å². The van der Waals surface area contributed by atoms with Gasteiger partial charge in [-0.25, -0.2) is 8.42 Å². The fourth-order valence-corrected chi connectivity index (χ4v) is 5.13. The number of rotatable bonds is 5. The molecule has 32 heavy (non-hydrogen) atoms. The molecule has 3 aromatic rings. The second-order valence-corrected chi connectivity index (χ2v) is 9.40. The van der Waals surface area contributed by atoms with Gasteiger partial charge in [-0.05, 0) is 25.1 Å². The third-order valence-corrected chi connectivity index (χ3v) is 7.44. The monoisotopic (exact) mass is 456 g/mol. The van der Waals surface area contributed by atoms with Crippen molar-refractivity contribution in [2.75, 3.05) is 26.2 Å². The van der Waals surface area contributed by atoms with E-state index >= 15 is 0 Å². The van der Waals surface area contributed by atoms with Gasteiger partial charge in [-0.3, -0.25) is 19.7 Å². The van der Waals surface area contributed by atoms with Crippen LogP contribution < -0.4 is 0 Å². The first-order valence-electron chi connectivity index (χ1n) is 9.84. The number of piperazine rings is 1. The number of H-pyrrole nitrogens is 1. The molecule has 1 aliphatic heterocycles. The first kappa shape index (κ1) is 21.7. The molecule has 0 spiro atoms. The summed E-state index contributed by atoms with van der Waals surface area (Å²) in [6.45, 7) is 2.01. The molecule has 11 heteroatoms. The third kappa shape index (κ3) is 3.87.